The molecule has 1 rings (SSSR count). The molecule has 0 fully saturated rings. The van der Waals surface area contributed by atoms with Crippen molar-refractivity contribution in [1.82, 2.24) is 0 Å². The van der Waals surface area contributed by atoms with Gasteiger partial charge in [-0.15, -0.1) is 0 Å². The highest BCUT2D eigenvalue weighted by Gasteiger charge is 2.28. The number of alkyl halides is 3. The lowest BCUT2D eigenvalue weighted by molar-refractivity contribution is -0.170. The van der Waals surface area contributed by atoms with Crippen molar-refractivity contribution in [3.8, 4) is 5.75 Å². The molecule has 0 spiro atoms. The van der Waals surface area contributed by atoms with Crippen LogP contribution < -0.4 is 4.74 Å². The van der Waals surface area contributed by atoms with Gasteiger partial charge in [0.1, 0.15) is 24.8 Å². The number of hydrogen-bond acceptors (Lipinski definition) is 3. The molecule has 0 saturated heterocycles. The van der Waals surface area contributed by atoms with Crippen LogP contribution in [0.1, 0.15) is 10.4 Å². The minimum absolute atomic E-state index is 0.00692. The number of ketones is 1. The molecular weight excluding hydrogens is 336 g/mol. The molecule has 0 amide bonds. The summed E-state index contributed by atoms with van der Waals surface area (Å²) in [5.74, 6) is -1.45. The summed E-state index contributed by atoms with van der Waals surface area (Å²) in [5.41, 5.74) is -0.0575. The molecule has 0 aliphatic carbocycles. The third-order valence-electron chi connectivity index (χ3n) is 2.04. The zero-order chi connectivity index (χ0) is 14.6. The number of carbonyl (C=O) groups excluding carboxylic acids is 1. The van der Waals surface area contributed by atoms with E-state index in [1.807, 2.05) is 0 Å². The lowest BCUT2D eigenvalue weighted by Crippen LogP contribution is -2.20. The number of Topliss-reactive ketones (excluding diaryl/α,β-unsaturated/α-hetero) is 1. The Labute approximate surface area is 114 Å². The van der Waals surface area contributed by atoms with Crippen LogP contribution >= 0.6 is 15.9 Å². The molecule has 106 valence electrons. The van der Waals surface area contributed by atoms with E-state index >= 15 is 0 Å². The van der Waals surface area contributed by atoms with Gasteiger partial charge in [0.05, 0.1) is 17.1 Å². The maximum Gasteiger partial charge on any atom is 0.411 e. The van der Waals surface area contributed by atoms with Crippen molar-refractivity contribution in [2.24, 2.45) is 0 Å². The first-order chi connectivity index (χ1) is 8.74. The predicted octanol–water partition coefficient (Wildman–Crippen LogP) is 3.36. The van der Waals surface area contributed by atoms with Gasteiger partial charge in [0, 0.05) is 6.07 Å². The molecule has 0 aromatic heterocycles. The summed E-state index contributed by atoms with van der Waals surface area (Å²) >= 11 is 2.87. The molecule has 0 bridgehead atoms. The second kappa shape index (κ2) is 6.33. The maximum absolute atomic E-state index is 13.2. The Balaban J connectivity index is 2.79. The van der Waals surface area contributed by atoms with Crippen LogP contribution in [0, 0.1) is 5.82 Å². The van der Waals surface area contributed by atoms with Crippen LogP contribution in [0.2, 0.25) is 0 Å². The first-order valence-corrected chi connectivity index (χ1v) is 5.74. The van der Waals surface area contributed by atoms with Gasteiger partial charge >= 0.3 is 6.18 Å². The zero-order valence-corrected chi connectivity index (χ0v) is 11.3. The summed E-state index contributed by atoms with van der Waals surface area (Å²) in [7, 11) is 1.22. The lowest BCUT2D eigenvalue weighted by Gasteiger charge is -2.10. The molecule has 19 heavy (non-hydrogen) atoms. The van der Waals surface area contributed by atoms with Gasteiger partial charge in [-0.25, -0.2) is 4.39 Å². The lowest BCUT2D eigenvalue weighted by atomic mass is 10.1. The third-order valence-corrected chi connectivity index (χ3v) is 2.65. The molecule has 0 saturated carbocycles. The molecule has 0 unspecified atom stereocenters. The van der Waals surface area contributed by atoms with Gasteiger partial charge in [0.25, 0.3) is 0 Å². The fraction of sp³-hybridized carbons (Fsp3) is 0.364. The average Bonchev–Trinajstić information content (AvgIpc) is 2.30. The summed E-state index contributed by atoms with van der Waals surface area (Å²) in [6.45, 7) is -2.29. The third kappa shape index (κ3) is 4.79. The smallest absolute Gasteiger partial charge is 0.411 e. The molecule has 0 N–H and O–H groups in total. The van der Waals surface area contributed by atoms with Crippen molar-refractivity contribution in [2.75, 3.05) is 20.3 Å². The topological polar surface area (TPSA) is 35.5 Å². The van der Waals surface area contributed by atoms with Crippen molar-refractivity contribution in [2.45, 2.75) is 6.18 Å². The molecule has 0 aliphatic heterocycles. The van der Waals surface area contributed by atoms with E-state index in [0.29, 0.717) is 0 Å². The monoisotopic (exact) mass is 344 g/mol. The van der Waals surface area contributed by atoms with Crippen LogP contribution in [0.15, 0.2) is 16.6 Å². The number of benzene rings is 1. The second-order valence-electron chi connectivity index (χ2n) is 3.50. The minimum atomic E-state index is -4.51. The van der Waals surface area contributed by atoms with Crippen LogP contribution in [-0.2, 0) is 4.74 Å². The van der Waals surface area contributed by atoms with Crippen LogP contribution in [0.3, 0.4) is 0 Å². The Morgan fingerprint density at radius 3 is 2.53 bits per heavy atom. The molecule has 0 radical (unpaired) electrons. The standard InChI is InChI=1S/C11H9BrF4O3/c1-18-10-3-8(13)7(12)2-6(10)9(17)4-19-5-11(14,15)16/h2-3H,4-5H2,1H3. The molecule has 1 aromatic rings. The Morgan fingerprint density at radius 2 is 2.00 bits per heavy atom. The fourth-order valence-corrected chi connectivity index (χ4v) is 1.60. The van der Waals surface area contributed by atoms with Crippen LogP contribution in [0.5, 0.6) is 5.75 Å². The van der Waals surface area contributed by atoms with Gasteiger partial charge < -0.3 is 9.47 Å². The van der Waals surface area contributed by atoms with E-state index in [4.69, 9.17) is 4.74 Å². The zero-order valence-electron chi connectivity index (χ0n) is 9.68. The van der Waals surface area contributed by atoms with Crippen molar-refractivity contribution >= 4 is 21.7 Å². The van der Waals surface area contributed by atoms with Crippen LogP contribution in [0.4, 0.5) is 17.6 Å². The van der Waals surface area contributed by atoms with Crippen LogP contribution in [0.25, 0.3) is 0 Å². The molecule has 3 nitrogen and oxygen atoms in total. The number of methoxy groups -OCH3 is 1. The summed E-state index contributed by atoms with van der Waals surface area (Å²) in [5, 5.41) is 0. The molecule has 8 heteroatoms. The van der Waals surface area contributed by atoms with Crippen molar-refractivity contribution in [3.05, 3.63) is 28.0 Å². The predicted molar refractivity (Wildman–Crippen MR) is 61.9 cm³/mol. The van der Waals surface area contributed by atoms with E-state index in [1.54, 1.807) is 0 Å². The van der Waals surface area contributed by atoms with Crippen molar-refractivity contribution in [3.63, 3.8) is 0 Å². The van der Waals surface area contributed by atoms with Gasteiger partial charge in [-0.05, 0) is 22.0 Å². The first kappa shape index (κ1) is 15.9. The molecule has 0 atom stereocenters. The Bertz CT molecular complexity index is 474. The van der Waals surface area contributed by atoms with E-state index in [1.165, 1.54) is 7.11 Å². The molecule has 1 aromatic carbocycles. The summed E-state index contributed by atoms with van der Waals surface area (Å²) in [6.07, 6.45) is -4.51. The van der Waals surface area contributed by atoms with E-state index in [-0.39, 0.29) is 15.8 Å². The second-order valence-corrected chi connectivity index (χ2v) is 4.35. The van der Waals surface area contributed by atoms with Gasteiger partial charge in [0.15, 0.2) is 5.78 Å². The van der Waals surface area contributed by atoms with Crippen molar-refractivity contribution < 1.29 is 31.8 Å². The Kier molecular flexibility index (Phi) is 5.30. The van der Waals surface area contributed by atoms with E-state index in [9.17, 15) is 22.4 Å². The highest BCUT2D eigenvalue weighted by Crippen LogP contribution is 2.27. The van der Waals surface area contributed by atoms with E-state index in [0.717, 1.165) is 12.1 Å². The Morgan fingerprint density at radius 1 is 1.37 bits per heavy atom. The summed E-state index contributed by atoms with van der Waals surface area (Å²) < 4.78 is 57.8. The minimum Gasteiger partial charge on any atom is -0.496 e. The van der Waals surface area contributed by atoms with Crippen LogP contribution in [-0.4, -0.2) is 32.3 Å². The average molecular weight is 345 g/mol. The van der Waals surface area contributed by atoms with Gasteiger partial charge in [-0.2, -0.15) is 13.2 Å². The first-order valence-electron chi connectivity index (χ1n) is 4.95. The van der Waals surface area contributed by atoms with Gasteiger partial charge in [0.2, 0.25) is 0 Å². The number of hydrogen-bond donors (Lipinski definition) is 0. The fourth-order valence-electron chi connectivity index (χ4n) is 1.25. The maximum atomic E-state index is 13.2. The number of carbonyl (C=O) groups is 1. The molecule has 0 heterocycles. The normalized spacial score (nSPS) is 11.5. The molecular formula is C11H9BrF4O3. The highest BCUT2D eigenvalue weighted by molar-refractivity contribution is 9.10. The highest BCUT2D eigenvalue weighted by atomic mass is 79.9. The Hall–Kier alpha value is -1.15. The van der Waals surface area contributed by atoms with Gasteiger partial charge in [-0.1, -0.05) is 0 Å². The van der Waals surface area contributed by atoms with E-state index in [2.05, 4.69) is 20.7 Å². The summed E-state index contributed by atoms with van der Waals surface area (Å²) in [6, 6.07) is 2.09. The SMILES string of the molecule is COc1cc(F)c(Br)cc1C(=O)COCC(F)(F)F. The number of halogens is 5. The number of rotatable bonds is 5. The van der Waals surface area contributed by atoms with E-state index < -0.39 is 31.0 Å². The van der Waals surface area contributed by atoms with Gasteiger partial charge in [-0.3, -0.25) is 4.79 Å². The quantitative estimate of drug-likeness (QED) is 0.607. The molecule has 0 aliphatic rings. The largest absolute Gasteiger partial charge is 0.496 e. The van der Waals surface area contributed by atoms with Crippen molar-refractivity contribution in [1.29, 1.82) is 0 Å². The summed E-state index contributed by atoms with van der Waals surface area (Å²) in [4.78, 5) is 11.7. The number of ether oxygens (including phenoxy) is 2.